The maximum atomic E-state index is 5.33. The van der Waals surface area contributed by atoms with E-state index in [0.717, 1.165) is 36.2 Å². The van der Waals surface area contributed by atoms with Gasteiger partial charge in [-0.25, -0.2) is 0 Å². The monoisotopic (exact) mass is 332 g/mol. The van der Waals surface area contributed by atoms with E-state index < -0.39 is 0 Å². The van der Waals surface area contributed by atoms with Crippen LogP contribution in [0.5, 0.6) is 0 Å². The molecule has 0 radical (unpaired) electrons. The summed E-state index contributed by atoms with van der Waals surface area (Å²) in [6.45, 7) is 5.62. The number of aromatic nitrogens is 2. The van der Waals surface area contributed by atoms with Gasteiger partial charge in [0.1, 0.15) is 0 Å². The molecule has 1 heterocycles. The first kappa shape index (κ1) is 16.6. The average Bonchev–Trinajstić information content (AvgIpc) is 2.73. The van der Waals surface area contributed by atoms with Gasteiger partial charge in [0.2, 0.25) is 0 Å². The molecule has 110 valence electrons. The highest BCUT2D eigenvalue weighted by Crippen LogP contribution is 2.23. The number of halogens is 1. The Morgan fingerprint density at radius 1 is 1.53 bits per heavy atom. The van der Waals surface area contributed by atoms with Crippen LogP contribution in [0, 0.1) is 0 Å². The van der Waals surface area contributed by atoms with E-state index in [1.165, 1.54) is 0 Å². The second-order valence-corrected chi connectivity index (χ2v) is 5.72. The van der Waals surface area contributed by atoms with E-state index in [1.807, 2.05) is 6.20 Å². The lowest BCUT2D eigenvalue weighted by Gasteiger charge is -2.20. The van der Waals surface area contributed by atoms with Crippen molar-refractivity contribution in [1.29, 1.82) is 0 Å². The van der Waals surface area contributed by atoms with Crippen LogP contribution in [0.3, 0.4) is 0 Å². The van der Waals surface area contributed by atoms with Gasteiger partial charge in [-0.05, 0) is 43.0 Å². The fourth-order valence-corrected chi connectivity index (χ4v) is 2.48. The van der Waals surface area contributed by atoms with E-state index in [1.54, 1.807) is 7.11 Å². The third-order valence-electron chi connectivity index (χ3n) is 2.90. The van der Waals surface area contributed by atoms with Crippen molar-refractivity contribution in [3.05, 3.63) is 16.4 Å². The average molecular weight is 333 g/mol. The molecule has 1 aromatic rings. The summed E-state index contributed by atoms with van der Waals surface area (Å²) in [4.78, 5) is 2.16. The summed E-state index contributed by atoms with van der Waals surface area (Å²) < 4.78 is 8.42. The second kappa shape index (κ2) is 8.68. The van der Waals surface area contributed by atoms with Crippen molar-refractivity contribution >= 4 is 15.9 Å². The molecule has 1 rings (SSSR count). The Bertz CT molecular complexity index is 368. The molecular formula is C13H25BrN4O. The molecule has 0 fully saturated rings. The Labute approximate surface area is 124 Å². The first-order valence-corrected chi connectivity index (χ1v) is 7.47. The second-order valence-electron chi connectivity index (χ2n) is 4.87. The Kier molecular flexibility index (Phi) is 7.60. The molecule has 1 N–H and O–H groups in total. The predicted octanol–water partition coefficient (Wildman–Crippen LogP) is 1.89. The molecule has 19 heavy (non-hydrogen) atoms. The van der Waals surface area contributed by atoms with Gasteiger partial charge in [0.15, 0.2) is 0 Å². The van der Waals surface area contributed by atoms with Gasteiger partial charge in [0.05, 0.1) is 35.6 Å². The van der Waals surface area contributed by atoms with Crippen LogP contribution in [0.4, 0.5) is 0 Å². The molecule has 0 aliphatic heterocycles. The van der Waals surface area contributed by atoms with E-state index in [9.17, 15) is 0 Å². The molecule has 0 aliphatic carbocycles. The number of methoxy groups -OCH3 is 1. The molecule has 1 atom stereocenters. The number of likely N-dealkylation sites (N-methyl/N-ethyl adjacent to an activating group) is 1. The maximum Gasteiger partial charge on any atom is 0.0741 e. The fraction of sp³-hybridized carbons (Fsp3) is 0.769. The van der Waals surface area contributed by atoms with Crippen LogP contribution in [0.15, 0.2) is 10.7 Å². The predicted molar refractivity (Wildman–Crippen MR) is 81.4 cm³/mol. The van der Waals surface area contributed by atoms with Crippen LogP contribution < -0.4 is 5.32 Å². The van der Waals surface area contributed by atoms with Gasteiger partial charge in [0, 0.05) is 13.7 Å². The number of hydrogen-bond donors (Lipinski definition) is 1. The largest absolute Gasteiger partial charge is 0.383 e. The van der Waals surface area contributed by atoms with Gasteiger partial charge in [-0.15, -0.1) is 0 Å². The van der Waals surface area contributed by atoms with Gasteiger partial charge in [0.25, 0.3) is 0 Å². The normalized spacial score (nSPS) is 13.2. The van der Waals surface area contributed by atoms with Gasteiger partial charge in [-0.2, -0.15) is 5.10 Å². The van der Waals surface area contributed by atoms with Crippen molar-refractivity contribution in [2.45, 2.75) is 25.9 Å². The molecule has 0 amide bonds. The highest BCUT2D eigenvalue weighted by atomic mass is 79.9. The molecule has 1 unspecified atom stereocenters. The quantitative estimate of drug-likeness (QED) is 0.749. The number of rotatable bonds is 9. The van der Waals surface area contributed by atoms with E-state index in [0.29, 0.717) is 6.61 Å². The topological polar surface area (TPSA) is 42.3 Å². The smallest absolute Gasteiger partial charge is 0.0741 e. The van der Waals surface area contributed by atoms with Crippen molar-refractivity contribution in [2.24, 2.45) is 0 Å². The zero-order valence-electron chi connectivity index (χ0n) is 12.3. The minimum Gasteiger partial charge on any atom is -0.383 e. The number of nitrogens with one attached hydrogen (secondary N) is 1. The van der Waals surface area contributed by atoms with Gasteiger partial charge in [-0.3, -0.25) is 4.68 Å². The van der Waals surface area contributed by atoms with E-state index >= 15 is 0 Å². The minimum atomic E-state index is 0.170. The van der Waals surface area contributed by atoms with Crippen LogP contribution in [-0.2, 0) is 11.3 Å². The zero-order chi connectivity index (χ0) is 14.3. The summed E-state index contributed by atoms with van der Waals surface area (Å²) in [7, 11) is 5.87. The van der Waals surface area contributed by atoms with Crippen molar-refractivity contribution in [3.63, 3.8) is 0 Å². The first-order chi connectivity index (χ1) is 9.10. The van der Waals surface area contributed by atoms with Gasteiger partial charge >= 0.3 is 0 Å². The number of nitrogens with zero attached hydrogens (tertiary/aromatic N) is 3. The van der Waals surface area contributed by atoms with Crippen molar-refractivity contribution < 1.29 is 4.74 Å². The van der Waals surface area contributed by atoms with E-state index in [2.05, 4.69) is 56.9 Å². The number of ether oxygens (including phenoxy) is 1. The third kappa shape index (κ3) is 5.22. The Morgan fingerprint density at radius 3 is 2.84 bits per heavy atom. The summed E-state index contributed by atoms with van der Waals surface area (Å²) in [6, 6.07) is 0.170. The van der Waals surface area contributed by atoms with Crippen LogP contribution in [0.2, 0.25) is 0 Å². The lowest BCUT2D eigenvalue weighted by molar-refractivity contribution is 0.162. The van der Waals surface area contributed by atoms with Crippen LogP contribution in [-0.4, -0.2) is 55.6 Å². The summed E-state index contributed by atoms with van der Waals surface area (Å²) in [5.74, 6) is 0. The maximum absolute atomic E-state index is 5.33. The molecule has 0 aromatic carbocycles. The summed E-state index contributed by atoms with van der Waals surface area (Å²) in [5, 5.41) is 7.96. The Morgan fingerprint density at radius 2 is 2.26 bits per heavy atom. The molecular weight excluding hydrogens is 308 g/mol. The minimum absolute atomic E-state index is 0.170. The summed E-state index contributed by atoms with van der Waals surface area (Å²) in [5.41, 5.74) is 1.16. The highest BCUT2D eigenvalue weighted by molar-refractivity contribution is 9.10. The van der Waals surface area contributed by atoms with Gasteiger partial charge in [-0.1, -0.05) is 6.92 Å². The van der Waals surface area contributed by atoms with Gasteiger partial charge < -0.3 is 15.0 Å². The summed E-state index contributed by atoms with van der Waals surface area (Å²) >= 11 is 3.59. The van der Waals surface area contributed by atoms with Crippen molar-refractivity contribution in [2.75, 3.05) is 40.9 Å². The lowest BCUT2D eigenvalue weighted by atomic mass is 10.2. The SMILES string of the molecule is CCCNC(COC)c1c(Br)cnn1CCN(C)C. The highest BCUT2D eigenvalue weighted by Gasteiger charge is 2.19. The number of hydrogen-bond acceptors (Lipinski definition) is 4. The van der Waals surface area contributed by atoms with Crippen molar-refractivity contribution in [1.82, 2.24) is 20.0 Å². The fourth-order valence-electron chi connectivity index (χ4n) is 1.91. The van der Waals surface area contributed by atoms with E-state index in [-0.39, 0.29) is 6.04 Å². The van der Waals surface area contributed by atoms with Crippen LogP contribution in [0.1, 0.15) is 25.1 Å². The lowest BCUT2D eigenvalue weighted by Crippen LogP contribution is -2.30. The molecule has 1 aromatic heterocycles. The molecule has 0 saturated heterocycles. The molecule has 0 aliphatic rings. The Balaban J connectivity index is 2.83. The molecule has 0 spiro atoms. The zero-order valence-corrected chi connectivity index (χ0v) is 13.9. The molecule has 5 nitrogen and oxygen atoms in total. The summed E-state index contributed by atoms with van der Waals surface area (Å²) in [6.07, 6.45) is 2.96. The third-order valence-corrected chi connectivity index (χ3v) is 3.51. The van der Waals surface area contributed by atoms with Crippen LogP contribution >= 0.6 is 15.9 Å². The molecule has 0 bridgehead atoms. The molecule has 0 saturated carbocycles. The van der Waals surface area contributed by atoms with Crippen molar-refractivity contribution in [3.8, 4) is 0 Å². The van der Waals surface area contributed by atoms with Crippen LogP contribution in [0.25, 0.3) is 0 Å². The van der Waals surface area contributed by atoms with E-state index in [4.69, 9.17) is 4.74 Å². The molecule has 6 heteroatoms. The first-order valence-electron chi connectivity index (χ1n) is 6.68. The standard InChI is InChI=1S/C13H25BrN4O/c1-5-6-15-12(10-19-4)13-11(14)9-16-18(13)8-7-17(2)3/h9,12,15H,5-8,10H2,1-4H3. The Hall–Kier alpha value is -0.430.